The van der Waals surface area contributed by atoms with Gasteiger partial charge in [-0.2, -0.15) is 13.2 Å². The van der Waals surface area contributed by atoms with E-state index in [1.54, 1.807) is 6.92 Å². The van der Waals surface area contributed by atoms with E-state index in [1.807, 2.05) is 5.43 Å². The fourth-order valence-electron chi connectivity index (χ4n) is 1.14. The lowest BCUT2D eigenvalue weighted by Crippen LogP contribution is -2.45. The number of carbonyl (C=O) groups is 2. The van der Waals surface area contributed by atoms with Gasteiger partial charge in [-0.05, 0) is 6.42 Å². The van der Waals surface area contributed by atoms with Crippen molar-refractivity contribution in [2.45, 2.75) is 25.6 Å². The van der Waals surface area contributed by atoms with Gasteiger partial charge in [-0.25, -0.2) is 5.43 Å². The molecule has 0 aromatic heterocycles. The van der Waals surface area contributed by atoms with Crippen molar-refractivity contribution >= 4 is 11.7 Å². The Hall–Kier alpha value is -1.11. The summed E-state index contributed by atoms with van der Waals surface area (Å²) in [5.74, 6) is -2.56. The Labute approximate surface area is 78.0 Å². The summed E-state index contributed by atoms with van der Waals surface area (Å²) in [5.41, 5.74) is 1.84. The highest BCUT2D eigenvalue weighted by atomic mass is 19.4. The molecular weight excluding hydrogens is 201 g/mol. The van der Waals surface area contributed by atoms with E-state index in [0.717, 1.165) is 0 Å². The first-order valence-corrected chi connectivity index (χ1v) is 4.06. The molecule has 1 atom stereocenters. The zero-order chi connectivity index (χ0) is 10.9. The number of alkyl halides is 3. The number of hydrogen-bond donors (Lipinski definition) is 1. The fraction of sp³-hybridized carbons (Fsp3) is 0.714. The summed E-state index contributed by atoms with van der Waals surface area (Å²) in [5, 5.41) is 0.709. The second-order valence-corrected chi connectivity index (χ2v) is 2.92. The summed E-state index contributed by atoms with van der Waals surface area (Å²) < 4.78 is 36.4. The van der Waals surface area contributed by atoms with Gasteiger partial charge in [-0.15, -0.1) is 0 Å². The average molecular weight is 210 g/mol. The van der Waals surface area contributed by atoms with Crippen molar-refractivity contribution in [3.05, 3.63) is 0 Å². The van der Waals surface area contributed by atoms with E-state index < -0.39 is 23.9 Å². The number of hydrogen-bond acceptors (Lipinski definition) is 3. The van der Waals surface area contributed by atoms with Crippen LogP contribution in [0.4, 0.5) is 13.2 Å². The number of rotatable bonds is 2. The monoisotopic (exact) mass is 210 g/mol. The molecule has 1 aliphatic rings. The first kappa shape index (κ1) is 11.0. The highest BCUT2D eigenvalue weighted by molar-refractivity contribution is 6.39. The molecule has 1 saturated heterocycles. The Kier molecular flexibility index (Phi) is 2.79. The molecule has 80 valence electrons. The first-order valence-electron chi connectivity index (χ1n) is 4.06. The predicted octanol–water partition coefficient (Wildman–Crippen LogP) is 0.243. The quantitative estimate of drug-likeness (QED) is 0.664. The molecule has 0 aromatic carbocycles. The van der Waals surface area contributed by atoms with Gasteiger partial charge in [-0.1, -0.05) is 6.92 Å². The summed E-state index contributed by atoms with van der Waals surface area (Å²) in [6, 6.07) is -2.37. The molecule has 0 spiro atoms. The normalized spacial score (nSPS) is 23.4. The Bertz CT molecular complexity index is 264. The Morgan fingerprint density at radius 1 is 1.43 bits per heavy atom. The predicted molar refractivity (Wildman–Crippen MR) is 40.0 cm³/mol. The number of nitrogens with one attached hydrogen (secondary N) is 1. The van der Waals surface area contributed by atoms with Crippen LogP contribution in [0.1, 0.15) is 13.3 Å². The number of Topliss-reactive ketones (excluding diaryl/α,β-unsaturated/α-hetero) is 1. The smallest absolute Gasteiger partial charge is 0.286 e. The fourth-order valence-corrected chi connectivity index (χ4v) is 1.14. The van der Waals surface area contributed by atoms with Crippen LogP contribution in [-0.4, -0.2) is 35.5 Å². The number of nitrogens with zero attached hydrogens (tertiary/aromatic N) is 1. The third-order valence-electron chi connectivity index (χ3n) is 1.78. The van der Waals surface area contributed by atoms with Gasteiger partial charge in [0.15, 0.2) is 6.04 Å². The molecule has 0 aromatic rings. The molecule has 1 unspecified atom stereocenters. The summed E-state index contributed by atoms with van der Waals surface area (Å²) in [7, 11) is 0. The SMILES string of the molecule is CCCN1NC(C(F)(F)F)C(=O)C1=O. The van der Waals surface area contributed by atoms with Gasteiger partial charge < -0.3 is 0 Å². The van der Waals surface area contributed by atoms with Gasteiger partial charge in [0.25, 0.3) is 0 Å². The minimum atomic E-state index is -4.71. The molecule has 0 aliphatic carbocycles. The molecule has 0 saturated carbocycles. The van der Waals surface area contributed by atoms with Gasteiger partial charge in [-0.3, -0.25) is 14.6 Å². The maximum absolute atomic E-state index is 12.1. The van der Waals surface area contributed by atoms with Crippen LogP contribution in [-0.2, 0) is 9.59 Å². The van der Waals surface area contributed by atoms with E-state index in [-0.39, 0.29) is 6.54 Å². The number of hydrazine groups is 1. The lowest BCUT2D eigenvalue weighted by atomic mass is 10.2. The topological polar surface area (TPSA) is 49.4 Å². The zero-order valence-corrected chi connectivity index (χ0v) is 7.39. The standard InChI is InChI=1S/C7H9F3N2O2/c1-2-3-12-6(14)4(13)5(11-12)7(8,9)10/h5,11H,2-3H2,1H3. The van der Waals surface area contributed by atoms with Crippen LogP contribution in [0.5, 0.6) is 0 Å². The zero-order valence-electron chi connectivity index (χ0n) is 7.39. The van der Waals surface area contributed by atoms with E-state index in [2.05, 4.69) is 0 Å². The van der Waals surface area contributed by atoms with Crippen molar-refractivity contribution in [3.8, 4) is 0 Å². The van der Waals surface area contributed by atoms with Crippen molar-refractivity contribution in [2.24, 2.45) is 0 Å². The van der Waals surface area contributed by atoms with Crippen LogP contribution in [0.3, 0.4) is 0 Å². The van der Waals surface area contributed by atoms with Gasteiger partial charge in [0.1, 0.15) is 0 Å². The lowest BCUT2D eigenvalue weighted by molar-refractivity contribution is -0.165. The molecule has 1 N–H and O–H groups in total. The number of ketones is 1. The van der Waals surface area contributed by atoms with Crippen LogP contribution in [0.15, 0.2) is 0 Å². The van der Waals surface area contributed by atoms with Gasteiger partial charge in [0.2, 0.25) is 5.78 Å². The average Bonchev–Trinajstić information content (AvgIpc) is 2.32. The molecule has 0 bridgehead atoms. The Morgan fingerprint density at radius 2 is 2.00 bits per heavy atom. The van der Waals surface area contributed by atoms with Crippen molar-refractivity contribution in [3.63, 3.8) is 0 Å². The second kappa shape index (κ2) is 3.56. The summed E-state index contributed by atoms with van der Waals surface area (Å²) in [6.07, 6.45) is -4.23. The molecule has 7 heteroatoms. The maximum atomic E-state index is 12.1. The van der Waals surface area contributed by atoms with E-state index in [4.69, 9.17) is 0 Å². The molecule has 1 aliphatic heterocycles. The van der Waals surface area contributed by atoms with Gasteiger partial charge in [0.05, 0.1) is 0 Å². The molecule has 14 heavy (non-hydrogen) atoms. The molecule has 1 fully saturated rings. The largest absolute Gasteiger partial charge is 0.413 e. The minimum Gasteiger partial charge on any atom is -0.286 e. The molecular formula is C7H9F3N2O2. The molecule has 1 rings (SSSR count). The van der Waals surface area contributed by atoms with Crippen molar-refractivity contribution in [2.75, 3.05) is 6.54 Å². The maximum Gasteiger partial charge on any atom is 0.413 e. The van der Waals surface area contributed by atoms with E-state index in [9.17, 15) is 22.8 Å². The van der Waals surface area contributed by atoms with E-state index in [1.165, 1.54) is 0 Å². The highest BCUT2D eigenvalue weighted by Crippen LogP contribution is 2.24. The number of carbonyl (C=O) groups excluding carboxylic acids is 2. The second-order valence-electron chi connectivity index (χ2n) is 2.92. The van der Waals surface area contributed by atoms with Crippen molar-refractivity contribution in [1.82, 2.24) is 10.4 Å². The van der Waals surface area contributed by atoms with Crippen molar-refractivity contribution < 1.29 is 22.8 Å². The third kappa shape index (κ3) is 1.87. The van der Waals surface area contributed by atoms with Crippen molar-refractivity contribution in [1.29, 1.82) is 0 Å². The summed E-state index contributed by atoms with van der Waals surface area (Å²) in [4.78, 5) is 21.8. The third-order valence-corrected chi connectivity index (χ3v) is 1.78. The highest BCUT2D eigenvalue weighted by Gasteiger charge is 2.53. The summed E-state index contributed by atoms with van der Waals surface area (Å²) >= 11 is 0. The number of halogens is 3. The van der Waals surface area contributed by atoms with E-state index in [0.29, 0.717) is 11.4 Å². The lowest BCUT2D eigenvalue weighted by Gasteiger charge is -2.16. The molecule has 4 nitrogen and oxygen atoms in total. The van der Waals surface area contributed by atoms with Crippen LogP contribution in [0, 0.1) is 0 Å². The number of amides is 1. The Balaban J connectivity index is 2.77. The summed E-state index contributed by atoms with van der Waals surface area (Å²) in [6.45, 7) is 1.79. The molecule has 0 radical (unpaired) electrons. The van der Waals surface area contributed by atoms with E-state index >= 15 is 0 Å². The Morgan fingerprint density at radius 3 is 2.36 bits per heavy atom. The van der Waals surface area contributed by atoms with Gasteiger partial charge in [0, 0.05) is 6.54 Å². The van der Waals surface area contributed by atoms with Crippen LogP contribution < -0.4 is 5.43 Å². The van der Waals surface area contributed by atoms with Crippen LogP contribution in [0.25, 0.3) is 0 Å². The first-order chi connectivity index (χ1) is 6.38. The molecule has 1 amide bonds. The minimum absolute atomic E-state index is 0.0944. The van der Waals surface area contributed by atoms with Crippen LogP contribution in [0.2, 0.25) is 0 Å². The van der Waals surface area contributed by atoms with Crippen LogP contribution >= 0.6 is 0 Å². The van der Waals surface area contributed by atoms with Gasteiger partial charge >= 0.3 is 12.1 Å². The molecule has 1 heterocycles.